The maximum atomic E-state index is 12.5. The van der Waals surface area contributed by atoms with Crippen LogP contribution in [-0.2, 0) is 4.74 Å². The molecule has 2 aromatic carbocycles. The summed E-state index contributed by atoms with van der Waals surface area (Å²) in [6.07, 6.45) is 2.38. The first-order chi connectivity index (χ1) is 13.0. The number of hydrogen-bond donors (Lipinski definition) is 1. The fourth-order valence-corrected chi connectivity index (χ4v) is 3.30. The predicted molar refractivity (Wildman–Crippen MR) is 109 cm³/mol. The van der Waals surface area contributed by atoms with Crippen LogP contribution in [-0.4, -0.2) is 31.3 Å². The van der Waals surface area contributed by atoms with E-state index in [1.54, 1.807) is 18.2 Å². The van der Waals surface area contributed by atoms with E-state index in [9.17, 15) is 4.79 Å². The highest BCUT2D eigenvalue weighted by Gasteiger charge is 2.17. The van der Waals surface area contributed by atoms with Crippen LogP contribution in [0.3, 0.4) is 0 Å². The van der Waals surface area contributed by atoms with Crippen molar-refractivity contribution in [2.24, 2.45) is 0 Å². The van der Waals surface area contributed by atoms with Gasteiger partial charge in [-0.2, -0.15) is 0 Å². The Kier molecular flexibility index (Phi) is 6.74. The molecule has 1 heterocycles. The standard InChI is InChI=1S/C21H24BrNO4/c1-14(2)27-17-8-6-16(7-9-17)23-21(24)15-5-10-20(19(22)12-15)26-13-18-4-3-11-25-18/h5-10,12,14,18H,3-4,11,13H2,1-2H3,(H,23,24). The molecule has 1 aliphatic heterocycles. The van der Waals surface area contributed by atoms with Crippen LogP contribution in [0.1, 0.15) is 37.0 Å². The predicted octanol–water partition coefficient (Wildman–Crippen LogP) is 5.05. The van der Waals surface area contributed by atoms with Crippen molar-refractivity contribution in [3.8, 4) is 11.5 Å². The van der Waals surface area contributed by atoms with E-state index < -0.39 is 0 Å². The summed E-state index contributed by atoms with van der Waals surface area (Å²) in [5.74, 6) is 1.30. The van der Waals surface area contributed by atoms with Gasteiger partial charge in [-0.3, -0.25) is 4.79 Å². The zero-order valence-electron chi connectivity index (χ0n) is 15.5. The number of carbonyl (C=O) groups is 1. The van der Waals surface area contributed by atoms with Gasteiger partial charge in [-0.1, -0.05) is 0 Å². The van der Waals surface area contributed by atoms with Crippen LogP contribution in [0.4, 0.5) is 5.69 Å². The first kappa shape index (κ1) is 19.7. The van der Waals surface area contributed by atoms with Gasteiger partial charge in [0, 0.05) is 17.9 Å². The van der Waals surface area contributed by atoms with Crippen molar-refractivity contribution in [2.75, 3.05) is 18.5 Å². The molecule has 3 rings (SSSR count). The van der Waals surface area contributed by atoms with Gasteiger partial charge >= 0.3 is 0 Å². The van der Waals surface area contributed by atoms with Gasteiger partial charge in [0.15, 0.2) is 0 Å². The van der Waals surface area contributed by atoms with Crippen LogP contribution >= 0.6 is 15.9 Å². The highest BCUT2D eigenvalue weighted by atomic mass is 79.9. The van der Waals surface area contributed by atoms with E-state index in [4.69, 9.17) is 14.2 Å². The molecule has 0 saturated carbocycles. The van der Waals surface area contributed by atoms with E-state index in [2.05, 4.69) is 21.2 Å². The molecule has 6 heteroatoms. The molecule has 2 aromatic rings. The minimum Gasteiger partial charge on any atom is -0.491 e. The molecule has 1 fully saturated rings. The number of rotatable bonds is 7. The van der Waals surface area contributed by atoms with Gasteiger partial charge in [0.05, 0.1) is 16.7 Å². The van der Waals surface area contributed by atoms with Crippen molar-refractivity contribution >= 4 is 27.5 Å². The SMILES string of the molecule is CC(C)Oc1ccc(NC(=O)c2ccc(OCC3CCCO3)c(Br)c2)cc1. The molecule has 1 aliphatic rings. The summed E-state index contributed by atoms with van der Waals surface area (Å²) in [6.45, 7) is 5.28. The Hall–Kier alpha value is -2.05. The number of hydrogen-bond acceptors (Lipinski definition) is 4. The molecule has 1 N–H and O–H groups in total. The minimum absolute atomic E-state index is 0.115. The number of amides is 1. The second-order valence-electron chi connectivity index (χ2n) is 6.74. The molecule has 0 radical (unpaired) electrons. The molecule has 0 bridgehead atoms. The lowest BCUT2D eigenvalue weighted by molar-refractivity contribution is 0.0677. The highest BCUT2D eigenvalue weighted by Crippen LogP contribution is 2.27. The molecule has 1 atom stereocenters. The summed E-state index contributed by atoms with van der Waals surface area (Å²) in [6, 6.07) is 12.6. The number of carbonyl (C=O) groups excluding carboxylic acids is 1. The van der Waals surface area contributed by atoms with E-state index in [0.717, 1.165) is 29.7 Å². The second-order valence-corrected chi connectivity index (χ2v) is 7.59. The molecule has 5 nitrogen and oxygen atoms in total. The molecule has 27 heavy (non-hydrogen) atoms. The van der Waals surface area contributed by atoms with Gasteiger partial charge in [0.25, 0.3) is 5.91 Å². The molecule has 0 aliphatic carbocycles. The fourth-order valence-electron chi connectivity index (χ4n) is 2.81. The van der Waals surface area contributed by atoms with E-state index in [1.165, 1.54) is 0 Å². The topological polar surface area (TPSA) is 56.8 Å². The Labute approximate surface area is 168 Å². The Balaban J connectivity index is 1.58. The monoisotopic (exact) mass is 433 g/mol. The fraction of sp³-hybridized carbons (Fsp3) is 0.381. The summed E-state index contributed by atoms with van der Waals surface area (Å²) in [5, 5.41) is 2.89. The zero-order valence-corrected chi connectivity index (χ0v) is 17.1. The number of benzene rings is 2. The lowest BCUT2D eigenvalue weighted by Crippen LogP contribution is -2.16. The Bertz CT molecular complexity index is 770. The van der Waals surface area contributed by atoms with Crippen LogP contribution < -0.4 is 14.8 Å². The molecule has 0 spiro atoms. The largest absolute Gasteiger partial charge is 0.491 e. The van der Waals surface area contributed by atoms with Crippen LogP contribution in [0.2, 0.25) is 0 Å². The summed E-state index contributed by atoms with van der Waals surface area (Å²) in [5.41, 5.74) is 1.26. The quantitative estimate of drug-likeness (QED) is 0.663. The van der Waals surface area contributed by atoms with Crippen molar-refractivity contribution in [2.45, 2.75) is 38.9 Å². The third-order valence-electron chi connectivity index (χ3n) is 4.13. The summed E-state index contributed by atoms with van der Waals surface area (Å²) >= 11 is 3.48. The maximum Gasteiger partial charge on any atom is 0.255 e. The van der Waals surface area contributed by atoms with E-state index in [0.29, 0.717) is 23.6 Å². The van der Waals surface area contributed by atoms with Crippen LogP contribution in [0.15, 0.2) is 46.9 Å². The number of anilines is 1. The Morgan fingerprint density at radius 1 is 1.26 bits per heavy atom. The average Bonchev–Trinajstić information content (AvgIpc) is 3.15. The average molecular weight is 434 g/mol. The van der Waals surface area contributed by atoms with Crippen LogP contribution in [0.25, 0.3) is 0 Å². The van der Waals surface area contributed by atoms with Crippen molar-refractivity contribution in [3.63, 3.8) is 0 Å². The second kappa shape index (κ2) is 9.24. The van der Waals surface area contributed by atoms with Crippen molar-refractivity contribution in [1.29, 1.82) is 0 Å². The first-order valence-electron chi connectivity index (χ1n) is 9.13. The van der Waals surface area contributed by atoms with Crippen LogP contribution in [0.5, 0.6) is 11.5 Å². The first-order valence-corrected chi connectivity index (χ1v) is 9.92. The van der Waals surface area contributed by atoms with Gasteiger partial charge in [-0.25, -0.2) is 0 Å². The van der Waals surface area contributed by atoms with Crippen molar-refractivity contribution in [3.05, 3.63) is 52.5 Å². The van der Waals surface area contributed by atoms with E-state index in [-0.39, 0.29) is 18.1 Å². The van der Waals surface area contributed by atoms with Gasteiger partial charge in [0.1, 0.15) is 18.1 Å². The lowest BCUT2D eigenvalue weighted by atomic mass is 10.2. The molecule has 0 aromatic heterocycles. The smallest absolute Gasteiger partial charge is 0.255 e. The Morgan fingerprint density at radius 2 is 2.04 bits per heavy atom. The molecular formula is C21H24BrNO4. The lowest BCUT2D eigenvalue weighted by Gasteiger charge is -2.13. The normalized spacial score (nSPS) is 16.4. The third kappa shape index (κ3) is 5.71. The van der Waals surface area contributed by atoms with Gasteiger partial charge < -0.3 is 19.5 Å². The van der Waals surface area contributed by atoms with E-state index >= 15 is 0 Å². The third-order valence-corrected chi connectivity index (χ3v) is 4.75. The molecule has 144 valence electrons. The maximum absolute atomic E-state index is 12.5. The molecular weight excluding hydrogens is 410 g/mol. The molecule has 1 saturated heterocycles. The van der Waals surface area contributed by atoms with Crippen molar-refractivity contribution in [1.82, 2.24) is 0 Å². The molecule has 1 amide bonds. The van der Waals surface area contributed by atoms with Crippen molar-refractivity contribution < 1.29 is 19.0 Å². The number of ether oxygens (including phenoxy) is 3. The van der Waals surface area contributed by atoms with Gasteiger partial charge in [-0.05, 0) is 85.1 Å². The minimum atomic E-state index is -0.182. The zero-order chi connectivity index (χ0) is 19.2. The Morgan fingerprint density at radius 3 is 2.67 bits per heavy atom. The van der Waals surface area contributed by atoms with Gasteiger partial charge in [-0.15, -0.1) is 0 Å². The molecule has 1 unspecified atom stereocenters. The highest BCUT2D eigenvalue weighted by molar-refractivity contribution is 9.10. The van der Waals surface area contributed by atoms with Crippen LogP contribution in [0, 0.1) is 0 Å². The van der Waals surface area contributed by atoms with Gasteiger partial charge in [0.2, 0.25) is 0 Å². The summed E-state index contributed by atoms with van der Waals surface area (Å²) in [7, 11) is 0. The summed E-state index contributed by atoms with van der Waals surface area (Å²) in [4.78, 5) is 12.5. The summed E-state index contributed by atoms with van der Waals surface area (Å²) < 4.78 is 17.7. The number of halogens is 1. The van der Waals surface area contributed by atoms with E-state index in [1.807, 2.05) is 38.1 Å². The number of nitrogens with one attached hydrogen (secondary N) is 1.